The van der Waals surface area contributed by atoms with Gasteiger partial charge in [-0.25, -0.2) is 0 Å². The Hall–Kier alpha value is -3.08. The van der Waals surface area contributed by atoms with Gasteiger partial charge in [-0.2, -0.15) is 4.57 Å². The third-order valence-electron chi connectivity index (χ3n) is 2.96. The van der Waals surface area contributed by atoms with Crippen molar-refractivity contribution in [3.8, 4) is 5.69 Å². The molecular formula is C16H13N4O+. The third-order valence-corrected chi connectivity index (χ3v) is 2.96. The molecular weight excluding hydrogens is 264 g/mol. The second-order valence-corrected chi connectivity index (χ2v) is 4.40. The van der Waals surface area contributed by atoms with Crippen molar-refractivity contribution in [3.63, 3.8) is 0 Å². The van der Waals surface area contributed by atoms with Gasteiger partial charge in [0.05, 0.1) is 0 Å². The molecule has 3 heterocycles. The van der Waals surface area contributed by atoms with E-state index < -0.39 is 0 Å². The Morgan fingerprint density at radius 2 is 1.62 bits per heavy atom. The summed E-state index contributed by atoms with van der Waals surface area (Å²) in [4.78, 5) is 20.1. The molecule has 0 fully saturated rings. The normalized spacial score (nSPS) is 10.1. The largest absolute Gasteiger partial charge is 0.322 e. The average Bonchev–Trinajstić information content (AvgIpc) is 2.57. The fourth-order valence-corrected chi connectivity index (χ4v) is 1.92. The number of anilines is 1. The number of hydrogen-bond acceptors (Lipinski definition) is 3. The zero-order valence-corrected chi connectivity index (χ0v) is 11.2. The summed E-state index contributed by atoms with van der Waals surface area (Å²) in [5.41, 5.74) is 2.24. The minimum atomic E-state index is -0.162. The second kappa shape index (κ2) is 5.92. The first kappa shape index (κ1) is 12.9. The molecule has 1 N–H and O–H groups in total. The van der Waals surface area contributed by atoms with Crippen LogP contribution in [0.3, 0.4) is 0 Å². The van der Waals surface area contributed by atoms with E-state index in [1.54, 1.807) is 49.2 Å². The Labute approximate surface area is 121 Å². The van der Waals surface area contributed by atoms with Crippen LogP contribution in [0.25, 0.3) is 5.69 Å². The first-order valence-electron chi connectivity index (χ1n) is 6.46. The van der Waals surface area contributed by atoms with Crippen LogP contribution in [0.15, 0.2) is 73.6 Å². The van der Waals surface area contributed by atoms with Crippen molar-refractivity contribution in [1.29, 1.82) is 0 Å². The van der Waals surface area contributed by atoms with Gasteiger partial charge in [-0.3, -0.25) is 14.8 Å². The van der Waals surface area contributed by atoms with Gasteiger partial charge in [0.15, 0.2) is 12.4 Å². The van der Waals surface area contributed by atoms with Gasteiger partial charge in [-0.15, -0.1) is 0 Å². The van der Waals surface area contributed by atoms with E-state index in [4.69, 9.17) is 0 Å². The second-order valence-electron chi connectivity index (χ2n) is 4.40. The van der Waals surface area contributed by atoms with Gasteiger partial charge in [0.2, 0.25) is 5.69 Å². The summed E-state index contributed by atoms with van der Waals surface area (Å²) in [6, 6.07) is 10.9. The highest BCUT2D eigenvalue weighted by Crippen LogP contribution is 2.07. The van der Waals surface area contributed by atoms with E-state index >= 15 is 0 Å². The van der Waals surface area contributed by atoms with Crippen LogP contribution < -0.4 is 9.88 Å². The Balaban J connectivity index is 1.85. The van der Waals surface area contributed by atoms with E-state index in [1.807, 2.05) is 29.0 Å². The summed E-state index contributed by atoms with van der Waals surface area (Å²) < 4.78 is 1.88. The summed E-state index contributed by atoms with van der Waals surface area (Å²) in [5.74, 6) is -0.162. The number of carbonyl (C=O) groups is 1. The SMILES string of the molecule is O=C(Nc1ccncc1)c1ccc[n+](-c2ccncc2)c1. The molecule has 0 saturated carbocycles. The van der Waals surface area contributed by atoms with E-state index in [9.17, 15) is 4.79 Å². The smallest absolute Gasteiger partial charge is 0.261 e. The van der Waals surface area contributed by atoms with E-state index in [2.05, 4.69) is 15.3 Å². The van der Waals surface area contributed by atoms with Gasteiger partial charge in [-0.1, -0.05) is 0 Å². The van der Waals surface area contributed by atoms with Gasteiger partial charge < -0.3 is 5.32 Å². The monoisotopic (exact) mass is 277 g/mol. The molecule has 0 radical (unpaired) electrons. The summed E-state index contributed by atoms with van der Waals surface area (Å²) in [7, 11) is 0. The van der Waals surface area contributed by atoms with Crippen LogP contribution in [0.1, 0.15) is 10.4 Å². The summed E-state index contributed by atoms with van der Waals surface area (Å²) >= 11 is 0. The minimum absolute atomic E-state index is 0.162. The number of nitrogens with zero attached hydrogens (tertiary/aromatic N) is 3. The van der Waals surface area contributed by atoms with Gasteiger partial charge in [0.25, 0.3) is 5.91 Å². The number of hydrogen-bond donors (Lipinski definition) is 1. The molecule has 5 heteroatoms. The Kier molecular flexibility index (Phi) is 3.64. The lowest BCUT2D eigenvalue weighted by Crippen LogP contribution is -2.31. The van der Waals surface area contributed by atoms with E-state index in [1.165, 1.54) is 0 Å². The number of carbonyl (C=O) groups excluding carboxylic acids is 1. The van der Waals surface area contributed by atoms with E-state index in [-0.39, 0.29) is 5.91 Å². The van der Waals surface area contributed by atoms with Crippen molar-refractivity contribution in [2.75, 3.05) is 5.32 Å². The number of aromatic nitrogens is 3. The molecule has 102 valence electrons. The fourth-order valence-electron chi connectivity index (χ4n) is 1.92. The molecule has 3 rings (SSSR count). The molecule has 0 aliphatic heterocycles. The van der Waals surface area contributed by atoms with Gasteiger partial charge in [0, 0.05) is 48.7 Å². The van der Waals surface area contributed by atoms with Crippen LogP contribution in [-0.4, -0.2) is 15.9 Å². The molecule has 0 unspecified atom stereocenters. The summed E-state index contributed by atoms with van der Waals surface area (Å²) in [5, 5.41) is 2.83. The molecule has 5 nitrogen and oxygen atoms in total. The maximum Gasteiger partial charge on any atom is 0.261 e. The van der Waals surface area contributed by atoms with Crippen LogP contribution in [0.5, 0.6) is 0 Å². The molecule has 3 aromatic heterocycles. The molecule has 0 spiro atoms. The molecule has 0 aromatic carbocycles. The zero-order valence-electron chi connectivity index (χ0n) is 11.2. The molecule has 0 bridgehead atoms. The fraction of sp³-hybridized carbons (Fsp3) is 0. The number of rotatable bonds is 3. The van der Waals surface area contributed by atoms with Gasteiger partial charge >= 0.3 is 0 Å². The van der Waals surface area contributed by atoms with Crippen LogP contribution in [0, 0.1) is 0 Å². The molecule has 3 aromatic rings. The van der Waals surface area contributed by atoms with Crippen molar-refractivity contribution >= 4 is 11.6 Å². The highest BCUT2D eigenvalue weighted by Gasteiger charge is 2.12. The first-order chi connectivity index (χ1) is 10.3. The lowest BCUT2D eigenvalue weighted by Gasteiger charge is -2.03. The summed E-state index contributed by atoms with van der Waals surface area (Å²) in [6.07, 6.45) is 10.4. The summed E-state index contributed by atoms with van der Waals surface area (Å²) in [6.45, 7) is 0. The molecule has 0 aliphatic rings. The lowest BCUT2D eigenvalue weighted by molar-refractivity contribution is -0.595. The maximum atomic E-state index is 12.2. The van der Waals surface area contributed by atoms with Crippen LogP contribution in [0.2, 0.25) is 0 Å². The Bertz CT molecular complexity index is 744. The number of nitrogens with one attached hydrogen (secondary N) is 1. The molecule has 1 amide bonds. The number of pyridine rings is 3. The molecule has 0 aliphatic carbocycles. The van der Waals surface area contributed by atoms with Crippen LogP contribution >= 0.6 is 0 Å². The van der Waals surface area contributed by atoms with Crippen molar-refractivity contribution in [2.45, 2.75) is 0 Å². The molecule has 0 saturated heterocycles. The first-order valence-corrected chi connectivity index (χ1v) is 6.46. The standard InChI is InChI=1S/C16H12N4O/c21-16(19-14-3-7-17-8-4-14)13-2-1-11-20(12-13)15-5-9-18-10-6-15/h1-12H/p+1. The third kappa shape index (κ3) is 3.09. The average molecular weight is 277 g/mol. The van der Waals surface area contributed by atoms with Gasteiger partial charge in [0.1, 0.15) is 5.56 Å². The van der Waals surface area contributed by atoms with Crippen molar-refractivity contribution in [1.82, 2.24) is 9.97 Å². The quantitative estimate of drug-likeness (QED) is 0.745. The lowest BCUT2D eigenvalue weighted by atomic mass is 10.2. The molecule has 21 heavy (non-hydrogen) atoms. The van der Waals surface area contributed by atoms with Crippen LogP contribution in [-0.2, 0) is 0 Å². The highest BCUT2D eigenvalue weighted by molar-refractivity contribution is 6.03. The van der Waals surface area contributed by atoms with Crippen molar-refractivity contribution in [3.05, 3.63) is 79.1 Å². The topological polar surface area (TPSA) is 58.8 Å². The van der Waals surface area contributed by atoms with Gasteiger partial charge in [-0.05, 0) is 18.2 Å². The van der Waals surface area contributed by atoms with E-state index in [0.29, 0.717) is 11.3 Å². The van der Waals surface area contributed by atoms with E-state index in [0.717, 1.165) is 5.69 Å². The predicted molar refractivity (Wildman–Crippen MR) is 78.0 cm³/mol. The zero-order chi connectivity index (χ0) is 14.5. The Morgan fingerprint density at radius 1 is 0.952 bits per heavy atom. The van der Waals surface area contributed by atoms with Crippen LogP contribution in [0.4, 0.5) is 5.69 Å². The predicted octanol–water partition coefficient (Wildman–Crippen LogP) is 2.01. The molecule has 0 atom stereocenters. The van der Waals surface area contributed by atoms with Crippen molar-refractivity contribution in [2.24, 2.45) is 0 Å². The minimum Gasteiger partial charge on any atom is -0.322 e. The maximum absolute atomic E-state index is 12.2. The Morgan fingerprint density at radius 3 is 2.33 bits per heavy atom. The van der Waals surface area contributed by atoms with Crippen molar-refractivity contribution < 1.29 is 9.36 Å². The highest BCUT2D eigenvalue weighted by atomic mass is 16.1. The number of amides is 1.